The molecule has 1 saturated heterocycles. The van der Waals surface area contributed by atoms with Crippen LogP contribution in [0.15, 0.2) is 42.5 Å². The maximum atomic E-state index is 12.9. The minimum Gasteiger partial charge on any atom is -0.444 e. The second kappa shape index (κ2) is 10.6. The molecule has 4 amide bonds. The summed E-state index contributed by atoms with van der Waals surface area (Å²) >= 11 is 1.64. The number of fused-ring (bicyclic) bond motifs is 1. The number of benzene rings is 2. The van der Waals surface area contributed by atoms with Crippen LogP contribution < -0.4 is 10.6 Å². The summed E-state index contributed by atoms with van der Waals surface area (Å²) in [5.74, 6) is -0.733. The Morgan fingerprint density at radius 1 is 1.03 bits per heavy atom. The lowest BCUT2D eigenvalue weighted by molar-refractivity contribution is 0.0493. The number of aryl methyl sites for hydroxylation is 1. The van der Waals surface area contributed by atoms with Crippen LogP contribution in [0.25, 0.3) is 0 Å². The molecule has 0 aliphatic carbocycles. The smallest absolute Gasteiger partial charge is 0.407 e. The number of hydrogen-bond donors (Lipinski definition) is 2. The summed E-state index contributed by atoms with van der Waals surface area (Å²) in [6.45, 7) is 7.61. The number of ether oxygens (including phenoxy) is 1. The summed E-state index contributed by atoms with van der Waals surface area (Å²) in [4.78, 5) is 51.9. The van der Waals surface area contributed by atoms with E-state index in [1.807, 2.05) is 25.1 Å². The zero-order valence-electron chi connectivity index (χ0n) is 21.8. The van der Waals surface area contributed by atoms with Crippen LogP contribution in [-0.4, -0.2) is 64.4 Å². The highest BCUT2D eigenvalue weighted by atomic mass is 32.2. The van der Waals surface area contributed by atoms with E-state index < -0.39 is 11.7 Å². The molecule has 196 valence electrons. The van der Waals surface area contributed by atoms with Crippen LogP contribution in [0.5, 0.6) is 0 Å². The molecule has 3 atom stereocenters. The number of nitrogens with zero attached hydrogens (tertiary/aromatic N) is 1. The molecule has 0 bridgehead atoms. The molecule has 4 rings (SSSR count). The second-order valence-corrected chi connectivity index (χ2v) is 11.8. The van der Waals surface area contributed by atoms with Gasteiger partial charge in [-0.3, -0.25) is 19.3 Å². The molecule has 2 N–H and O–H groups in total. The number of amides is 4. The van der Waals surface area contributed by atoms with Crippen molar-refractivity contribution in [2.75, 3.05) is 13.6 Å². The monoisotopic (exact) mass is 523 g/mol. The average Bonchev–Trinajstić information content (AvgIpc) is 3.09. The van der Waals surface area contributed by atoms with Gasteiger partial charge in [0.05, 0.1) is 17.2 Å². The van der Waals surface area contributed by atoms with Crippen molar-refractivity contribution in [3.05, 3.63) is 70.3 Å². The molecule has 8 nitrogen and oxygen atoms in total. The fourth-order valence-electron chi connectivity index (χ4n) is 4.74. The lowest BCUT2D eigenvalue weighted by Crippen LogP contribution is -2.61. The Bertz CT molecular complexity index is 1200. The summed E-state index contributed by atoms with van der Waals surface area (Å²) in [6.07, 6.45) is 0.848. The Morgan fingerprint density at radius 2 is 1.68 bits per heavy atom. The van der Waals surface area contributed by atoms with Crippen LogP contribution >= 0.6 is 11.8 Å². The van der Waals surface area contributed by atoms with E-state index in [-0.39, 0.29) is 40.8 Å². The normalized spacial score (nSPS) is 20.8. The Labute approximate surface area is 221 Å². The highest BCUT2D eigenvalue weighted by Crippen LogP contribution is 2.41. The molecular formula is C28H33N3O5S. The SMILES string of the molecule is CCc1cc(CC2SC(CN3C(=O)c4ccccc4C3=O)C2NC(=O)OC(C)(C)C)ccc1C(=O)NC. The number of rotatable bonds is 7. The molecule has 37 heavy (non-hydrogen) atoms. The topological polar surface area (TPSA) is 105 Å². The summed E-state index contributed by atoms with van der Waals surface area (Å²) in [5, 5.41) is 5.51. The number of imide groups is 1. The van der Waals surface area contributed by atoms with Gasteiger partial charge in [0.1, 0.15) is 5.60 Å². The van der Waals surface area contributed by atoms with E-state index in [0.717, 1.165) is 17.5 Å². The third-order valence-corrected chi connectivity index (χ3v) is 8.14. The number of alkyl carbamates (subject to hydrolysis) is 1. The van der Waals surface area contributed by atoms with Gasteiger partial charge in [0.2, 0.25) is 0 Å². The highest BCUT2D eigenvalue weighted by Gasteiger charge is 2.47. The van der Waals surface area contributed by atoms with E-state index in [9.17, 15) is 19.2 Å². The van der Waals surface area contributed by atoms with Gasteiger partial charge in [-0.2, -0.15) is 0 Å². The Hall–Kier alpha value is -3.33. The maximum absolute atomic E-state index is 12.9. The van der Waals surface area contributed by atoms with E-state index in [4.69, 9.17) is 4.74 Å². The van der Waals surface area contributed by atoms with Crippen molar-refractivity contribution in [1.82, 2.24) is 15.5 Å². The van der Waals surface area contributed by atoms with Crippen LogP contribution in [0.4, 0.5) is 4.79 Å². The lowest BCUT2D eigenvalue weighted by atomic mass is 9.95. The number of thioether (sulfide) groups is 1. The van der Waals surface area contributed by atoms with Gasteiger partial charge in [0.15, 0.2) is 0 Å². The van der Waals surface area contributed by atoms with Crippen molar-refractivity contribution in [3.8, 4) is 0 Å². The number of carbonyl (C=O) groups is 4. The second-order valence-electron chi connectivity index (χ2n) is 10.3. The van der Waals surface area contributed by atoms with Crippen LogP contribution in [0, 0.1) is 0 Å². The molecule has 2 heterocycles. The van der Waals surface area contributed by atoms with Gasteiger partial charge in [-0.1, -0.05) is 31.2 Å². The van der Waals surface area contributed by atoms with Gasteiger partial charge in [0, 0.05) is 29.7 Å². The van der Waals surface area contributed by atoms with Crippen molar-refractivity contribution in [3.63, 3.8) is 0 Å². The summed E-state index contributed by atoms with van der Waals surface area (Å²) in [6, 6.07) is 12.3. The van der Waals surface area contributed by atoms with E-state index in [1.165, 1.54) is 4.90 Å². The van der Waals surface area contributed by atoms with Gasteiger partial charge < -0.3 is 15.4 Å². The van der Waals surface area contributed by atoms with Gasteiger partial charge in [-0.25, -0.2) is 4.79 Å². The van der Waals surface area contributed by atoms with E-state index in [1.54, 1.807) is 63.8 Å². The lowest BCUT2D eigenvalue weighted by Gasteiger charge is -2.45. The molecule has 1 fully saturated rings. The number of nitrogens with one attached hydrogen (secondary N) is 2. The average molecular weight is 524 g/mol. The Morgan fingerprint density at radius 3 is 2.24 bits per heavy atom. The Kier molecular flexibility index (Phi) is 7.64. The fraction of sp³-hybridized carbons (Fsp3) is 0.429. The Balaban J connectivity index is 1.51. The minimum absolute atomic E-state index is 0.0169. The van der Waals surface area contributed by atoms with Crippen molar-refractivity contribution in [2.24, 2.45) is 0 Å². The predicted octanol–water partition coefficient (Wildman–Crippen LogP) is 3.82. The number of hydrogen-bond acceptors (Lipinski definition) is 6. The van der Waals surface area contributed by atoms with Gasteiger partial charge >= 0.3 is 6.09 Å². The largest absolute Gasteiger partial charge is 0.444 e. The first-order valence-electron chi connectivity index (χ1n) is 12.5. The first-order chi connectivity index (χ1) is 17.5. The first-order valence-corrected chi connectivity index (χ1v) is 13.4. The van der Waals surface area contributed by atoms with Crippen LogP contribution in [0.1, 0.15) is 69.9 Å². The van der Waals surface area contributed by atoms with Crippen molar-refractivity contribution < 1.29 is 23.9 Å². The van der Waals surface area contributed by atoms with E-state index in [2.05, 4.69) is 10.6 Å². The molecule has 0 saturated carbocycles. The minimum atomic E-state index is -0.653. The molecule has 2 aromatic rings. The third kappa shape index (κ3) is 5.66. The van der Waals surface area contributed by atoms with Crippen molar-refractivity contribution >= 4 is 35.6 Å². The van der Waals surface area contributed by atoms with Crippen LogP contribution in [-0.2, 0) is 17.6 Å². The van der Waals surface area contributed by atoms with Gasteiger partial charge in [0.25, 0.3) is 17.7 Å². The molecule has 2 aliphatic heterocycles. The van der Waals surface area contributed by atoms with Crippen molar-refractivity contribution in [1.29, 1.82) is 0 Å². The van der Waals surface area contributed by atoms with Crippen LogP contribution in [0.3, 0.4) is 0 Å². The molecule has 9 heteroatoms. The summed E-state index contributed by atoms with van der Waals surface area (Å²) in [5.41, 5.74) is 2.83. The van der Waals surface area contributed by atoms with Gasteiger partial charge in [-0.15, -0.1) is 11.8 Å². The quantitative estimate of drug-likeness (QED) is 0.535. The molecule has 0 aromatic heterocycles. The molecule has 0 radical (unpaired) electrons. The zero-order chi connectivity index (χ0) is 26.9. The summed E-state index contributed by atoms with van der Waals surface area (Å²) < 4.78 is 5.49. The van der Waals surface area contributed by atoms with Gasteiger partial charge in [-0.05, 0) is 62.9 Å². The van der Waals surface area contributed by atoms with E-state index in [0.29, 0.717) is 23.1 Å². The molecule has 3 unspecified atom stereocenters. The van der Waals surface area contributed by atoms with Crippen molar-refractivity contribution in [2.45, 2.75) is 62.7 Å². The molecule has 2 aliphatic rings. The standard InChI is InChI=1S/C28H33N3O5S/c1-6-17-13-16(11-12-18(17)24(32)29-5)14-21-23(30-27(35)36-28(2,3)4)22(37-21)15-31-25(33)19-9-7-8-10-20(19)26(31)34/h7-13,21-23H,6,14-15H2,1-5H3,(H,29,32)(H,30,35). The molecule has 0 spiro atoms. The first kappa shape index (κ1) is 26.7. The molecular weight excluding hydrogens is 490 g/mol. The third-order valence-electron chi connectivity index (χ3n) is 6.53. The fourth-order valence-corrected chi connectivity index (χ4v) is 6.30. The zero-order valence-corrected chi connectivity index (χ0v) is 22.6. The highest BCUT2D eigenvalue weighted by molar-refractivity contribution is 8.02. The maximum Gasteiger partial charge on any atom is 0.407 e. The number of carbonyl (C=O) groups excluding carboxylic acids is 4. The summed E-state index contributed by atoms with van der Waals surface area (Å²) in [7, 11) is 1.61. The van der Waals surface area contributed by atoms with Crippen LogP contribution in [0.2, 0.25) is 0 Å². The molecule has 2 aromatic carbocycles. The van der Waals surface area contributed by atoms with E-state index >= 15 is 0 Å². The predicted molar refractivity (Wildman–Crippen MR) is 143 cm³/mol.